The Kier molecular flexibility index (Phi) is 4.95. The van der Waals surface area contributed by atoms with E-state index in [0.717, 1.165) is 26.1 Å². The minimum atomic E-state index is -1.01. The molecule has 6 nitrogen and oxygen atoms in total. The third-order valence-corrected chi connectivity index (χ3v) is 5.16. The van der Waals surface area contributed by atoms with Crippen molar-refractivity contribution in [3.8, 4) is 0 Å². The molecule has 2 rings (SSSR count). The summed E-state index contributed by atoms with van der Waals surface area (Å²) in [4.78, 5) is 23.1. The molecule has 0 aliphatic carbocycles. The molecule has 1 unspecified atom stereocenters. The van der Waals surface area contributed by atoms with Crippen molar-refractivity contribution in [2.75, 3.05) is 0 Å². The largest absolute Gasteiger partial charge is 0.481 e. The number of thioether (sulfide) groups is 1. The van der Waals surface area contributed by atoms with Gasteiger partial charge in [-0.1, -0.05) is 11.8 Å². The first-order chi connectivity index (χ1) is 9.45. The number of amidine groups is 1. The van der Waals surface area contributed by atoms with Crippen molar-refractivity contribution >= 4 is 61.8 Å². The van der Waals surface area contributed by atoms with Gasteiger partial charge in [0.15, 0.2) is 5.17 Å². The van der Waals surface area contributed by atoms with E-state index in [0.29, 0.717) is 5.17 Å². The minimum Gasteiger partial charge on any atom is -0.481 e. The smallest absolute Gasteiger partial charge is 0.305 e. The summed E-state index contributed by atoms with van der Waals surface area (Å²) in [6.07, 6.45) is -0.226. The van der Waals surface area contributed by atoms with Gasteiger partial charge in [0.2, 0.25) is 5.91 Å². The van der Waals surface area contributed by atoms with Crippen LogP contribution in [0.3, 0.4) is 0 Å². The first-order valence-corrected chi connectivity index (χ1v) is 8.02. The lowest BCUT2D eigenvalue weighted by atomic mass is 10.3. The van der Waals surface area contributed by atoms with Crippen molar-refractivity contribution in [2.24, 2.45) is 10.2 Å². The highest BCUT2D eigenvalue weighted by atomic mass is 79.9. The number of amides is 1. The molecule has 106 valence electrons. The van der Waals surface area contributed by atoms with E-state index >= 15 is 0 Å². The van der Waals surface area contributed by atoms with E-state index in [-0.39, 0.29) is 12.3 Å². The van der Waals surface area contributed by atoms with Gasteiger partial charge >= 0.3 is 5.97 Å². The number of nitrogens with one attached hydrogen (secondary N) is 1. The Morgan fingerprint density at radius 2 is 2.30 bits per heavy atom. The molecule has 2 heterocycles. The fraction of sp³-hybridized carbons (Fsp3) is 0.273. The predicted molar refractivity (Wildman–Crippen MR) is 83.4 cm³/mol. The molecular formula is C11H10BrN3O3S2. The van der Waals surface area contributed by atoms with Gasteiger partial charge in [0.25, 0.3) is 0 Å². The highest BCUT2D eigenvalue weighted by Gasteiger charge is 2.32. The molecule has 0 spiro atoms. The quantitative estimate of drug-likeness (QED) is 0.623. The zero-order valence-corrected chi connectivity index (χ0v) is 13.5. The average Bonchev–Trinajstić information content (AvgIpc) is 2.93. The maximum absolute atomic E-state index is 11.5. The third kappa shape index (κ3) is 3.90. The highest BCUT2D eigenvalue weighted by molar-refractivity contribution is 9.11. The van der Waals surface area contributed by atoms with Gasteiger partial charge in [-0.15, -0.1) is 16.4 Å². The van der Waals surface area contributed by atoms with Gasteiger partial charge in [-0.2, -0.15) is 5.10 Å². The number of nitrogens with zero attached hydrogens (tertiary/aromatic N) is 2. The van der Waals surface area contributed by atoms with Crippen LogP contribution in [0.4, 0.5) is 0 Å². The van der Waals surface area contributed by atoms with Crippen LogP contribution in [0, 0.1) is 0 Å². The number of carbonyl (C=O) groups excluding carboxylic acids is 1. The third-order valence-electron chi connectivity index (χ3n) is 2.36. The summed E-state index contributed by atoms with van der Waals surface area (Å²) < 4.78 is 1.000. The number of hydrogen-bond donors (Lipinski definition) is 2. The molecule has 0 bridgehead atoms. The molecule has 1 aliphatic rings. The number of carboxylic acid groups (broad SMARTS) is 1. The maximum atomic E-state index is 11.5. The number of aliphatic carboxylic acids is 1. The second-order valence-electron chi connectivity index (χ2n) is 3.89. The van der Waals surface area contributed by atoms with E-state index in [1.807, 2.05) is 19.1 Å². The van der Waals surface area contributed by atoms with Crippen LogP contribution in [0.15, 0.2) is 26.1 Å². The van der Waals surface area contributed by atoms with Crippen LogP contribution in [-0.4, -0.2) is 33.1 Å². The van der Waals surface area contributed by atoms with Crippen molar-refractivity contribution in [3.05, 3.63) is 20.8 Å². The number of hydrogen-bond acceptors (Lipinski definition) is 6. The molecule has 1 atom stereocenters. The summed E-state index contributed by atoms with van der Waals surface area (Å²) in [6.45, 7) is 1.82. The van der Waals surface area contributed by atoms with Gasteiger partial charge in [0.05, 0.1) is 20.8 Å². The number of thiophene rings is 1. The van der Waals surface area contributed by atoms with Crippen molar-refractivity contribution in [1.29, 1.82) is 0 Å². The van der Waals surface area contributed by atoms with Gasteiger partial charge < -0.3 is 10.4 Å². The molecule has 0 radical (unpaired) electrons. The summed E-state index contributed by atoms with van der Waals surface area (Å²) in [5.41, 5.74) is 0.727. The summed E-state index contributed by atoms with van der Waals surface area (Å²) in [5, 5.41) is 18.9. The monoisotopic (exact) mass is 375 g/mol. The number of halogens is 1. The first-order valence-electron chi connectivity index (χ1n) is 5.53. The molecule has 0 aromatic carbocycles. The van der Waals surface area contributed by atoms with Gasteiger partial charge in [-0.3, -0.25) is 9.59 Å². The maximum Gasteiger partial charge on any atom is 0.305 e. The predicted octanol–water partition coefficient (Wildman–Crippen LogP) is 2.30. The van der Waals surface area contributed by atoms with Crippen LogP contribution in [0.2, 0.25) is 0 Å². The molecule has 9 heteroatoms. The van der Waals surface area contributed by atoms with E-state index in [9.17, 15) is 9.59 Å². The molecule has 1 aromatic heterocycles. The fourth-order valence-corrected chi connectivity index (χ4v) is 3.66. The molecule has 2 N–H and O–H groups in total. The molecule has 20 heavy (non-hydrogen) atoms. The van der Waals surface area contributed by atoms with Crippen LogP contribution in [0.25, 0.3) is 0 Å². The number of carbonyl (C=O) groups is 2. The van der Waals surface area contributed by atoms with Gasteiger partial charge in [0.1, 0.15) is 5.25 Å². The van der Waals surface area contributed by atoms with Crippen LogP contribution < -0.4 is 5.32 Å². The SMILES string of the molecule is C/C(=N\N=C1/NC(=O)C(CC(=O)O)S1)c1ccc(Br)s1. The van der Waals surface area contributed by atoms with E-state index < -0.39 is 11.2 Å². The molecule has 1 saturated heterocycles. The Labute approximate surface area is 131 Å². The average molecular weight is 376 g/mol. The van der Waals surface area contributed by atoms with Crippen LogP contribution in [0.1, 0.15) is 18.2 Å². The molecular weight excluding hydrogens is 366 g/mol. The van der Waals surface area contributed by atoms with E-state index in [1.165, 1.54) is 11.3 Å². The normalized spacial score (nSPS) is 21.3. The molecule has 1 amide bonds. The Morgan fingerprint density at radius 3 is 2.90 bits per heavy atom. The number of rotatable bonds is 4. The van der Waals surface area contributed by atoms with E-state index in [4.69, 9.17) is 5.11 Å². The Hall–Kier alpha value is -1.19. The van der Waals surface area contributed by atoms with Crippen molar-refractivity contribution in [1.82, 2.24) is 5.32 Å². The molecule has 1 fully saturated rings. The van der Waals surface area contributed by atoms with Gasteiger partial charge in [-0.05, 0) is 35.0 Å². The molecule has 1 aliphatic heterocycles. The Morgan fingerprint density at radius 1 is 1.55 bits per heavy atom. The molecule has 0 saturated carbocycles. The summed E-state index contributed by atoms with van der Waals surface area (Å²) in [5.74, 6) is -1.36. The Bertz CT molecular complexity index is 612. The summed E-state index contributed by atoms with van der Waals surface area (Å²) >= 11 is 5.99. The van der Waals surface area contributed by atoms with E-state index in [2.05, 4.69) is 31.4 Å². The molecule has 1 aromatic rings. The Balaban J connectivity index is 2.05. The lowest BCUT2D eigenvalue weighted by molar-refractivity contribution is -0.138. The first kappa shape index (κ1) is 15.2. The summed E-state index contributed by atoms with van der Waals surface area (Å²) in [7, 11) is 0. The topological polar surface area (TPSA) is 91.1 Å². The zero-order valence-electron chi connectivity index (χ0n) is 10.3. The van der Waals surface area contributed by atoms with E-state index in [1.54, 1.807) is 0 Å². The minimum absolute atomic E-state index is 0.226. The van der Waals surface area contributed by atoms with Gasteiger partial charge in [0, 0.05) is 0 Å². The van der Waals surface area contributed by atoms with Crippen molar-refractivity contribution < 1.29 is 14.7 Å². The van der Waals surface area contributed by atoms with Gasteiger partial charge in [-0.25, -0.2) is 0 Å². The lowest BCUT2D eigenvalue weighted by Gasteiger charge is -1.98. The van der Waals surface area contributed by atoms with Crippen LogP contribution in [0.5, 0.6) is 0 Å². The summed E-state index contributed by atoms with van der Waals surface area (Å²) in [6, 6.07) is 3.84. The van der Waals surface area contributed by atoms with Crippen molar-refractivity contribution in [3.63, 3.8) is 0 Å². The number of carboxylic acids is 1. The second kappa shape index (κ2) is 6.51. The zero-order chi connectivity index (χ0) is 14.7. The van der Waals surface area contributed by atoms with Crippen LogP contribution in [-0.2, 0) is 9.59 Å². The lowest BCUT2D eigenvalue weighted by Crippen LogP contribution is -2.26. The fourth-order valence-electron chi connectivity index (χ4n) is 1.42. The highest BCUT2D eigenvalue weighted by Crippen LogP contribution is 2.24. The second-order valence-corrected chi connectivity index (χ2v) is 7.54. The van der Waals surface area contributed by atoms with Crippen molar-refractivity contribution in [2.45, 2.75) is 18.6 Å². The standard InChI is InChI=1S/C11H10BrN3O3S2/c1-5(6-2-3-8(12)19-6)14-15-11-13-10(18)7(20-11)4-9(16)17/h2-3,7H,4H2,1H3,(H,16,17)(H,13,15,18)/b14-5+. The van der Waals surface area contributed by atoms with Crippen LogP contribution >= 0.6 is 39.0 Å².